The van der Waals surface area contributed by atoms with E-state index < -0.39 is 9.12 Å². The molecule has 0 radical (unpaired) electrons. The summed E-state index contributed by atoms with van der Waals surface area (Å²) < 4.78 is 9.44. The fraction of sp³-hybridized carbons (Fsp3) is 1.00. The predicted octanol–water partition coefficient (Wildman–Crippen LogP) is -6.99. The van der Waals surface area contributed by atoms with E-state index in [1.807, 2.05) is 7.05 Å². The van der Waals surface area contributed by atoms with Crippen molar-refractivity contribution in [2.24, 2.45) is 5.40 Å². The minimum atomic E-state index is -0.730. The van der Waals surface area contributed by atoms with Gasteiger partial charge in [0.1, 0.15) is 0 Å². The van der Waals surface area contributed by atoms with Gasteiger partial charge in [-0.2, -0.15) is 0 Å². The van der Waals surface area contributed by atoms with Crippen LogP contribution in [0.1, 0.15) is 0 Å². The molecule has 1 unspecified atom stereocenters. The van der Waals surface area contributed by atoms with Gasteiger partial charge >= 0.3 is 0 Å². The van der Waals surface area contributed by atoms with Crippen LogP contribution in [0.3, 0.4) is 0 Å². The minimum absolute atomic E-state index is 0.0845. The first-order valence-electron chi connectivity index (χ1n) is 6.09. The molecule has 0 fully saturated rings. The van der Waals surface area contributed by atoms with Crippen LogP contribution in [0, 0.1) is 0 Å². The highest BCUT2D eigenvalue weighted by Gasteiger charge is 2.06. The second kappa shape index (κ2) is 22.3. The van der Waals surface area contributed by atoms with Gasteiger partial charge in [0.15, 0.2) is 28.8 Å². The van der Waals surface area contributed by atoms with Gasteiger partial charge in [0.25, 0.3) is 0 Å². The maximum atomic E-state index is 4.64. The number of rotatable bonds is 7. The second-order valence-corrected chi connectivity index (χ2v) is 14.8. The third-order valence-electron chi connectivity index (χ3n) is 2.10. The first-order chi connectivity index (χ1) is 8.13. The summed E-state index contributed by atoms with van der Waals surface area (Å²) in [5, 5.41) is 4.64. The lowest BCUT2D eigenvalue weighted by Crippen LogP contribution is -2.52. The second-order valence-electron chi connectivity index (χ2n) is 3.37. The quantitative estimate of drug-likeness (QED) is 0.233. The molecule has 6 nitrogen and oxygen atoms in total. The SMILES string of the molecule is CN[SiH2]C.CN[SiH](C)N(C)[SiH2]N[SiH2]N[SiH3].N[SiH3]. The Morgan fingerprint density at radius 3 is 2.06 bits per heavy atom. The molecule has 0 aliphatic carbocycles. The van der Waals surface area contributed by atoms with Crippen LogP contribution < -0.4 is 24.7 Å². The Labute approximate surface area is 122 Å². The topological polar surface area (TPSA) is 77.4 Å². The summed E-state index contributed by atoms with van der Waals surface area (Å²) in [6.07, 6.45) is 0. The van der Waals surface area contributed by atoms with Gasteiger partial charge in [0.2, 0.25) is 0 Å². The van der Waals surface area contributed by atoms with Crippen LogP contribution >= 0.6 is 0 Å². The standard InChI is InChI=1S/C3H20N4Si4.C2H9NSi.H5NSi/c1-4-11(3)7(2)10-6-9-5-8;1-3-4-2;1-2/h4-6,11H,9-10H2,1-3,8H3;3H,4H2,1-2H3;1H2,2H3. The number of hydrogen-bond acceptors (Lipinski definition) is 6. The molecule has 12 heteroatoms. The van der Waals surface area contributed by atoms with Crippen molar-refractivity contribution < 1.29 is 0 Å². The van der Waals surface area contributed by atoms with Crippen molar-refractivity contribution in [1.29, 1.82) is 0 Å². The fourth-order valence-electron chi connectivity index (χ4n) is 0.715. The van der Waals surface area contributed by atoms with Crippen LogP contribution in [0.5, 0.6) is 0 Å². The first kappa shape index (κ1) is 23.2. The maximum Gasteiger partial charge on any atom is 0.177 e. The van der Waals surface area contributed by atoms with E-state index in [1.165, 1.54) is 0 Å². The van der Waals surface area contributed by atoms with E-state index in [-0.39, 0.29) is 29.4 Å². The monoisotopic (exact) mass is 346 g/mol. The Balaban J connectivity index is -0.000000275. The molecule has 108 valence electrons. The molecule has 0 aromatic carbocycles. The molecular weight excluding hydrogens is 313 g/mol. The third kappa shape index (κ3) is 22.7. The number of nitrogens with one attached hydrogen (secondary N) is 4. The molecule has 0 aromatic heterocycles. The van der Waals surface area contributed by atoms with Crippen molar-refractivity contribution in [3.05, 3.63) is 0 Å². The summed E-state index contributed by atoms with van der Waals surface area (Å²) in [5.74, 6) is 0. The predicted molar refractivity (Wildman–Crippen MR) is 101 cm³/mol. The highest BCUT2D eigenvalue weighted by Crippen LogP contribution is 1.78. The van der Waals surface area contributed by atoms with Crippen LogP contribution in [0.4, 0.5) is 0 Å². The van der Waals surface area contributed by atoms with Gasteiger partial charge in [-0.05, 0) is 27.7 Å². The molecule has 0 amide bonds. The molecule has 0 aromatic rings. The Bertz CT molecular complexity index is 121. The summed E-state index contributed by atoms with van der Waals surface area (Å²) in [6.45, 7) is 4.53. The van der Waals surface area contributed by atoms with Crippen molar-refractivity contribution in [3.63, 3.8) is 0 Å². The maximum absolute atomic E-state index is 4.64. The minimum Gasteiger partial charge on any atom is -0.360 e. The number of nitrogens with two attached hydrogens (primary N) is 1. The first-order valence-corrected chi connectivity index (χ1v) is 15.4. The van der Waals surface area contributed by atoms with E-state index >= 15 is 0 Å². The molecule has 0 saturated heterocycles. The summed E-state index contributed by atoms with van der Waals surface area (Å²) in [6, 6.07) is 0. The van der Waals surface area contributed by atoms with E-state index in [0.29, 0.717) is 0 Å². The van der Waals surface area contributed by atoms with Gasteiger partial charge in [0.05, 0.1) is 30.5 Å². The average molecular weight is 347 g/mol. The lowest BCUT2D eigenvalue weighted by atomic mass is 11.6. The zero-order chi connectivity index (χ0) is 14.1. The van der Waals surface area contributed by atoms with Gasteiger partial charge in [0, 0.05) is 0 Å². The molecule has 17 heavy (non-hydrogen) atoms. The molecule has 0 rings (SSSR count). The van der Waals surface area contributed by atoms with Gasteiger partial charge in [-0.25, -0.2) is 0 Å². The highest BCUT2D eigenvalue weighted by molar-refractivity contribution is 6.64. The van der Waals surface area contributed by atoms with Crippen molar-refractivity contribution in [3.8, 4) is 0 Å². The van der Waals surface area contributed by atoms with Crippen LogP contribution in [-0.2, 0) is 0 Å². The summed E-state index contributed by atoms with van der Waals surface area (Å²) in [5.41, 5.74) is 0. The van der Waals surface area contributed by atoms with E-state index in [4.69, 9.17) is 0 Å². The Morgan fingerprint density at radius 1 is 1.29 bits per heavy atom. The lowest BCUT2D eigenvalue weighted by molar-refractivity contribution is 0.785. The number of hydrogen-bond donors (Lipinski definition) is 5. The zero-order valence-corrected chi connectivity index (χ0v) is 22.1. The van der Waals surface area contributed by atoms with E-state index in [1.54, 1.807) is 0 Å². The van der Waals surface area contributed by atoms with Crippen LogP contribution in [0.25, 0.3) is 0 Å². The summed E-state index contributed by atoms with van der Waals surface area (Å²) in [7, 11) is 7.46. The van der Waals surface area contributed by atoms with E-state index in [2.05, 4.69) is 56.1 Å². The highest BCUT2D eigenvalue weighted by atomic mass is 28.4. The lowest BCUT2D eigenvalue weighted by Gasteiger charge is -2.22. The van der Waals surface area contributed by atoms with Gasteiger partial charge in [-0.3, -0.25) is 0 Å². The Kier molecular flexibility index (Phi) is 30.3. The van der Waals surface area contributed by atoms with Crippen LogP contribution in [0.15, 0.2) is 0 Å². The van der Waals surface area contributed by atoms with Crippen LogP contribution in [0.2, 0.25) is 13.1 Å². The van der Waals surface area contributed by atoms with Gasteiger partial charge in [-0.15, -0.1) is 0 Å². The fourth-order valence-corrected chi connectivity index (χ4v) is 9.07. The molecule has 0 heterocycles. The summed E-state index contributed by atoms with van der Waals surface area (Å²) in [4.78, 5) is 6.42. The Hall–Kier alpha value is 1.06. The zero-order valence-electron chi connectivity index (χ0n) is 12.7. The van der Waals surface area contributed by atoms with Crippen LogP contribution in [-0.4, -0.2) is 84.7 Å². The Morgan fingerprint density at radius 2 is 1.76 bits per heavy atom. The largest absolute Gasteiger partial charge is 0.360 e. The van der Waals surface area contributed by atoms with Gasteiger partial charge in [-0.1, -0.05) is 6.55 Å². The molecule has 6 N–H and O–H groups in total. The van der Waals surface area contributed by atoms with E-state index in [9.17, 15) is 0 Å². The molecule has 0 aliphatic heterocycles. The van der Waals surface area contributed by atoms with Crippen molar-refractivity contribution in [2.75, 3.05) is 21.1 Å². The molecule has 0 bridgehead atoms. The van der Waals surface area contributed by atoms with E-state index in [0.717, 1.165) is 20.8 Å². The van der Waals surface area contributed by atoms with Gasteiger partial charge < -0.3 is 28.9 Å². The average Bonchev–Trinajstić information content (AvgIpc) is 2.40. The summed E-state index contributed by atoms with van der Waals surface area (Å²) >= 11 is 0. The molecular formula is C5H34N6Si6. The van der Waals surface area contributed by atoms with Crippen molar-refractivity contribution in [1.82, 2.24) is 23.5 Å². The third-order valence-corrected chi connectivity index (χ3v) is 11.0. The van der Waals surface area contributed by atoms with Crippen molar-refractivity contribution >= 4 is 59.3 Å². The smallest absolute Gasteiger partial charge is 0.177 e. The normalized spacial score (nSPS) is 13.6. The number of nitrogens with zero attached hydrogens (tertiary/aromatic N) is 1. The van der Waals surface area contributed by atoms with Crippen molar-refractivity contribution in [2.45, 2.75) is 13.1 Å². The molecule has 1 atom stereocenters. The molecule has 0 spiro atoms. The molecule has 0 saturated carbocycles. The molecule has 0 aliphatic rings.